The Balaban J connectivity index is 2.56. The molecule has 22 heavy (non-hydrogen) atoms. The highest BCUT2D eigenvalue weighted by molar-refractivity contribution is 7.86. The summed E-state index contributed by atoms with van der Waals surface area (Å²) in [6, 6.07) is 0. The summed E-state index contributed by atoms with van der Waals surface area (Å²) in [5, 5.41) is 0. The van der Waals surface area contributed by atoms with Crippen LogP contribution < -0.4 is 0 Å². The van der Waals surface area contributed by atoms with Gasteiger partial charge in [0.2, 0.25) is 0 Å². The molecule has 1 rings (SSSR count). The van der Waals surface area contributed by atoms with Crippen molar-refractivity contribution in [3.8, 4) is 0 Å². The van der Waals surface area contributed by atoms with Gasteiger partial charge in [0, 0.05) is 26.7 Å². The Morgan fingerprint density at radius 2 is 1.82 bits per heavy atom. The second kappa shape index (κ2) is 7.75. The summed E-state index contributed by atoms with van der Waals surface area (Å²) in [6.07, 6.45) is 2.86. The zero-order chi connectivity index (χ0) is 17.0. The average Bonchev–Trinajstić information content (AvgIpc) is 2.43. The number of unbranched alkanes of at least 4 members (excludes halogenated alkanes) is 1. The lowest BCUT2D eigenvalue weighted by molar-refractivity contribution is -0.161. The zero-order valence-corrected chi connectivity index (χ0v) is 15.3. The second-order valence-corrected chi connectivity index (χ2v) is 8.93. The molecule has 1 heterocycles. The van der Waals surface area contributed by atoms with E-state index in [2.05, 4.69) is 0 Å². The predicted octanol–water partition coefficient (Wildman–Crippen LogP) is 2.02. The lowest BCUT2D eigenvalue weighted by Crippen LogP contribution is -2.47. The van der Waals surface area contributed by atoms with Gasteiger partial charge in [0.1, 0.15) is 5.60 Å². The summed E-state index contributed by atoms with van der Waals surface area (Å²) in [4.78, 5) is 12.0. The molecular weight excluding hydrogens is 304 g/mol. The summed E-state index contributed by atoms with van der Waals surface area (Å²) in [7, 11) is -1.79. The Labute approximate surface area is 135 Å². The first-order valence-corrected chi connectivity index (χ1v) is 9.42. The molecule has 0 spiro atoms. The zero-order valence-electron chi connectivity index (χ0n) is 14.5. The third-order valence-corrected chi connectivity index (χ3v) is 5.73. The molecule has 7 heteroatoms. The topological polar surface area (TPSA) is 66.9 Å². The Morgan fingerprint density at radius 3 is 2.27 bits per heavy atom. The van der Waals surface area contributed by atoms with Crippen LogP contribution in [0.5, 0.6) is 0 Å². The van der Waals surface area contributed by atoms with Gasteiger partial charge in [-0.05, 0) is 40.0 Å². The van der Waals surface area contributed by atoms with Gasteiger partial charge in [-0.1, -0.05) is 13.3 Å². The molecule has 0 aromatic carbocycles. The minimum absolute atomic E-state index is 0.202. The molecule has 0 saturated carbocycles. The molecule has 0 unspecified atom stereocenters. The molecule has 0 aromatic rings. The minimum atomic E-state index is -3.40. The number of carbonyl (C=O) groups excluding carboxylic acids is 1. The number of carbonyl (C=O) groups is 1. The van der Waals surface area contributed by atoms with Crippen molar-refractivity contribution in [1.82, 2.24) is 8.61 Å². The second-order valence-electron chi connectivity index (χ2n) is 6.89. The standard InChI is InChI=1S/C15H30N2O4S/c1-6-7-10-16(5)22(19,20)17-11-8-13(9-12-17)14(18)21-15(2,3)4/h13H,6-12H2,1-5H3. The molecule has 0 radical (unpaired) electrons. The Kier molecular flexibility index (Phi) is 6.83. The van der Waals surface area contributed by atoms with Crippen LogP contribution in [-0.4, -0.2) is 55.3 Å². The molecule has 1 saturated heterocycles. The number of rotatable bonds is 6. The van der Waals surface area contributed by atoms with Crippen LogP contribution >= 0.6 is 0 Å². The monoisotopic (exact) mass is 334 g/mol. The van der Waals surface area contributed by atoms with Gasteiger partial charge >= 0.3 is 5.97 Å². The number of piperidine rings is 1. The molecule has 0 aliphatic carbocycles. The minimum Gasteiger partial charge on any atom is -0.460 e. The van der Waals surface area contributed by atoms with E-state index in [1.54, 1.807) is 7.05 Å². The Hall–Kier alpha value is -0.660. The maximum atomic E-state index is 12.4. The van der Waals surface area contributed by atoms with E-state index in [4.69, 9.17) is 4.74 Å². The third-order valence-electron chi connectivity index (χ3n) is 3.74. The van der Waals surface area contributed by atoms with Crippen molar-refractivity contribution < 1.29 is 17.9 Å². The fourth-order valence-corrected chi connectivity index (χ4v) is 3.83. The van der Waals surface area contributed by atoms with Crippen molar-refractivity contribution in [2.45, 2.75) is 59.0 Å². The smallest absolute Gasteiger partial charge is 0.309 e. The van der Waals surface area contributed by atoms with Crippen molar-refractivity contribution in [3.05, 3.63) is 0 Å². The number of hydrogen-bond donors (Lipinski definition) is 0. The normalized spacial score (nSPS) is 18.6. The number of esters is 1. The van der Waals surface area contributed by atoms with Crippen molar-refractivity contribution in [1.29, 1.82) is 0 Å². The lowest BCUT2D eigenvalue weighted by atomic mass is 9.98. The Morgan fingerprint density at radius 1 is 1.27 bits per heavy atom. The van der Waals surface area contributed by atoms with Crippen LogP contribution in [0.3, 0.4) is 0 Å². The Bertz CT molecular complexity index is 462. The SMILES string of the molecule is CCCCN(C)S(=O)(=O)N1CCC(C(=O)OC(C)(C)C)CC1. The summed E-state index contributed by atoms with van der Waals surface area (Å²) < 4.78 is 33.1. The highest BCUT2D eigenvalue weighted by atomic mass is 32.2. The summed E-state index contributed by atoms with van der Waals surface area (Å²) in [6.45, 7) is 8.84. The van der Waals surface area contributed by atoms with Crippen LogP contribution in [0.2, 0.25) is 0 Å². The molecule has 6 nitrogen and oxygen atoms in total. The van der Waals surface area contributed by atoms with E-state index in [1.807, 2.05) is 27.7 Å². The van der Waals surface area contributed by atoms with Gasteiger partial charge < -0.3 is 4.74 Å². The number of hydrogen-bond acceptors (Lipinski definition) is 4. The van der Waals surface area contributed by atoms with E-state index < -0.39 is 15.8 Å². The maximum absolute atomic E-state index is 12.4. The first kappa shape index (κ1) is 19.4. The summed E-state index contributed by atoms with van der Waals surface area (Å²) in [5.41, 5.74) is -0.499. The van der Waals surface area contributed by atoms with E-state index in [-0.39, 0.29) is 11.9 Å². The number of ether oxygens (including phenoxy) is 1. The summed E-state index contributed by atoms with van der Waals surface area (Å²) >= 11 is 0. The van der Waals surface area contributed by atoms with Gasteiger partial charge in [0.15, 0.2) is 0 Å². The van der Waals surface area contributed by atoms with Crippen LogP contribution in [0, 0.1) is 5.92 Å². The molecular formula is C15H30N2O4S. The van der Waals surface area contributed by atoms with Gasteiger partial charge in [-0.2, -0.15) is 17.0 Å². The largest absolute Gasteiger partial charge is 0.460 e. The fourth-order valence-electron chi connectivity index (χ4n) is 2.40. The van der Waals surface area contributed by atoms with Gasteiger partial charge in [-0.3, -0.25) is 4.79 Å². The molecule has 0 bridgehead atoms. The third kappa shape index (κ3) is 5.52. The van der Waals surface area contributed by atoms with Crippen molar-refractivity contribution in [2.75, 3.05) is 26.7 Å². The van der Waals surface area contributed by atoms with Gasteiger partial charge in [0.25, 0.3) is 10.2 Å². The molecule has 1 aliphatic heterocycles. The van der Waals surface area contributed by atoms with Crippen LogP contribution in [0.4, 0.5) is 0 Å². The van der Waals surface area contributed by atoms with Crippen LogP contribution in [0.25, 0.3) is 0 Å². The average molecular weight is 334 g/mol. The fraction of sp³-hybridized carbons (Fsp3) is 0.933. The summed E-state index contributed by atoms with van der Waals surface area (Å²) in [5.74, 6) is -0.421. The van der Waals surface area contributed by atoms with Gasteiger partial charge in [0.05, 0.1) is 5.92 Å². The van der Waals surface area contributed by atoms with E-state index in [0.29, 0.717) is 32.5 Å². The highest BCUT2D eigenvalue weighted by Crippen LogP contribution is 2.24. The molecule has 0 amide bonds. The van der Waals surface area contributed by atoms with Crippen LogP contribution in [0.15, 0.2) is 0 Å². The first-order valence-electron chi connectivity index (χ1n) is 8.02. The predicted molar refractivity (Wildman–Crippen MR) is 86.6 cm³/mol. The van der Waals surface area contributed by atoms with Gasteiger partial charge in [-0.15, -0.1) is 0 Å². The quantitative estimate of drug-likeness (QED) is 0.697. The first-order chi connectivity index (χ1) is 10.1. The van der Waals surface area contributed by atoms with Crippen molar-refractivity contribution in [3.63, 3.8) is 0 Å². The molecule has 130 valence electrons. The van der Waals surface area contributed by atoms with E-state index in [0.717, 1.165) is 12.8 Å². The van der Waals surface area contributed by atoms with Crippen LogP contribution in [0.1, 0.15) is 53.4 Å². The molecule has 0 N–H and O–H groups in total. The van der Waals surface area contributed by atoms with Crippen molar-refractivity contribution in [2.24, 2.45) is 5.92 Å². The highest BCUT2D eigenvalue weighted by Gasteiger charge is 2.34. The molecule has 0 aromatic heterocycles. The van der Waals surface area contributed by atoms with Crippen LogP contribution in [-0.2, 0) is 19.7 Å². The van der Waals surface area contributed by atoms with E-state index >= 15 is 0 Å². The molecule has 0 atom stereocenters. The van der Waals surface area contributed by atoms with Gasteiger partial charge in [-0.25, -0.2) is 0 Å². The van der Waals surface area contributed by atoms with E-state index in [9.17, 15) is 13.2 Å². The lowest BCUT2D eigenvalue weighted by Gasteiger charge is -2.33. The van der Waals surface area contributed by atoms with E-state index in [1.165, 1.54) is 8.61 Å². The number of nitrogens with zero attached hydrogens (tertiary/aromatic N) is 2. The van der Waals surface area contributed by atoms with Crippen molar-refractivity contribution >= 4 is 16.2 Å². The maximum Gasteiger partial charge on any atom is 0.309 e. The molecule has 1 fully saturated rings. The molecule has 1 aliphatic rings.